The average Bonchev–Trinajstić information content (AvgIpc) is 3.46. The van der Waals surface area contributed by atoms with E-state index in [1.54, 1.807) is 65.5 Å². The number of imidazole rings is 1. The van der Waals surface area contributed by atoms with E-state index in [1.165, 1.54) is 12.1 Å². The molecule has 0 aliphatic rings. The molecule has 49 heavy (non-hydrogen) atoms. The van der Waals surface area contributed by atoms with Crippen molar-refractivity contribution in [1.29, 1.82) is 0 Å². The molecule has 6 nitrogen and oxygen atoms in total. The van der Waals surface area contributed by atoms with E-state index in [1.807, 2.05) is 24.3 Å². The number of rotatable bonds is 6. The molecule has 0 bridgehead atoms. The normalized spacial score (nSPS) is 12.1. The third-order valence-corrected chi connectivity index (χ3v) is 8.15. The number of carbonyl (C=O) groups excluding carboxylic acids is 1. The zero-order valence-electron chi connectivity index (χ0n) is 25.2. The van der Waals surface area contributed by atoms with Crippen molar-refractivity contribution in [2.45, 2.75) is 18.9 Å². The Morgan fingerprint density at radius 2 is 1.20 bits per heavy atom. The predicted molar refractivity (Wildman–Crippen MR) is 173 cm³/mol. The molecule has 0 unspecified atom stereocenters. The van der Waals surface area contributed by atoms with Gasteiger partial charge in [0.25, 0.3) is 0 Å². The molecule has 7 rings (SSSR count). The van der Waals surface area contributed by atoms with Crippen LogP contribution in [0.4, 0.5) is 26.3 Å². The van der Waals surface area contributed by atoms with E-state index >= 15 is 0 Å². The third-order valence-electron chi connectivity index (χ3n) is 8.15. The van der Waals surface area contributed by atoms with Gasteiger partial charge in [-0.25, -0.2) is 4.98 Å². The fraction of sp³-hybridized carbons (Fsp3) is 0.0811. The van der Waals surface area contributed by atoms with Crippen LogP contribution in [0.25, 0.3) is 55.7 Å². The second kappa shape index (κ2) is 11.9. The molecule has 0 spiro atoms. The number of benzene rings is 4. The zero-order valence-corrected chi connectivity index (χ0v) is 25.2. The Balaban J connectivity index is 1.56. The lowest BCUT2D eigenvalue weighted by atomic mass is 10.0. The van der Waals surface area contributed by atoms with Gasteiger partial charge < -0.3 is 10.3 Å². The molecule has 7 aromatic rings. The molecule has 0 aliphatic heterocycles. The number of alkyl halides is 6. The van der Waals surface area contributed by atoms with Crippen LogP contribution in [0.1, 0.15) is 27.0 Å². The van der Waals surface area contributed by atoms with E-state index in [2.05, 4.69) is 9.97 Å². The maximum atomic E-state index is 14.1. The van der Waals surface area contributed by atoms with Crippen molar-refractivity contribution in [2.24, 2.45) is 5.73 Å². The van der Waals surface area contributed by atoms with Gasteiger partial charge in [-0.2, -0.15) is 26.3 Å². The summed E-state index contributed by atoms with van der Waals surface area (Å²) in [6.07, 6.45) is -6.86. The number of nitrogens with zero attached hydrogens (tertiary/aromatic N) is 4. The second-order valence-corrected chi connectivity index (χ2v) is 11.4. The maximum absolute atomic E-state index is 14.1. The van der Waals surface area contributed by atoms with Gasteiger partial charge >= 0.3 is 12.4 Å². The van der Waals surface area contributed by atoms with E-state index in [0.717, 1.165) is 10.8 Å². The van der Waals surface area contributed by atoms with Crippen molar-refractivity contribution in [1.82, 2.24) is 19.5 Å². The lowest BCUT2D eigenvalue weighted by Gasteiger charge is -2.17. The van der Waals surface area contributed by atoms with Gasteiger partial charge in [-0.15, -0.1) is 0 Å². The largest absolute Gasteiger partial charge is 0.416 e. The Morgan fingerprint density at radius 1 is 0.653 bits per heavy atom. The van der Waals surface area contributed by atoms with Crippen LogP contribution >= 0.6 is 0 Å². The SMILES string of the molecule is NC(=O)c1ccc(Cn2c(-c3cc(C(F)(F)F)cc(C(F)(F)F)c3)nc(-c3ccc4ncccc4c3)c2-c2ccc3ncccc3c2)cc1. The molecular formula is C37H23F6N5O. The van der Waals surface area contributed by atoms with E-state index < -0.39 is 29.4 Å². The van der Waals surface area contributed by atoms with Crippen LogP contribution in [0.3, 0.4) is 0 Å². The number of nitrogens with two attached hydrogens (primary N) is 1. The van der Waals surface area contributed by atoms with Gasteiger partial charge in [0, 0.05) is 52.0 Å². The molecule has 244 valence electrons. The predicted octanol–water partition coefficient (Wildman–Crippen LogP) is 9.17. The number of fused-ring (bicyclic) bond motifs is 2. The van der Waals surface area contributed by atoms with Crippen molar-refractivity contribution >= 4 is 27.7 Å². The van der Waals surface area contributed by atoms with Crippen molar-refractivity contribution in [3.05, 3.63) is 138 Å². The molecule has 0 fully saturated rings. The van der Waals surface area contributed by atoms with Crippen molar-refractivity contribution in [3.63, 3.8) is 0 Å². The van der Waals surface area contributed by atoms with Crippen molar-refractivity contribution in [2.75, 3.05) is 0 Å². The summed E-state index contributed by atoms with van der Waals surface area (Å²) in [6, 6.07) is 25.6. The van der Waals surface area contributed by atoms with Gasteiger partial charge in [-0.3, -0.25) is 14.8 Å². The molecule has 0 aliphatic carbocycles. The van der Waals surface area contributed by atoms with Crippen LogP contribution in [-0.4, -0.2) is 25.4 Å². The minimum atomic E-state index is -5.07. The lowest BCUT2D eigenvalue weighted by Crippen LogP contribution is -2.12. The minimum absolute atomic E-state index is 0.0332. The number of pyridine rings is 2. The third kappa shape index (κ3) is 6.20. The summed E-state index contributed by atoms with van der Waals surface area (Å²) in [5.41, 5.74) is 6.22. The van der Waals surface area contributed by atoms with Gasteiger partial charge in [0.1, 0.15) is 5.82 Å². The summed E-state index contributed by atoms with van der Waals surface area (Å²) in [4.78, 5) is 25.3. The number of amides is 1. The fourth-order valence-corrected chi connectivity index (χ4v) is 5.81. The van der Waals surface area contributed by atoms with Crippen LogP contribution in [0, 0.1) is 0 Å². The molecule has 0 saturated heterocycles. The first-order valence-electron chi connectivity index (χ1n) is 14.8. The first-order valence-corrected chi connectivity index (χ1v) is 14.8. The number of primary amides is 1. The molecular weight excluding hydrogens is 644 g/mol. The minimum Gasteiger partial charge on any atom is -0.366 e. The molecule has 0 saturated carbocycles. The van der Waals surface area contributed by atoms with Gasteiger partial charge in [0.2, 0.25) is 5.91 Å². The highest BCUT2D eigenvalue weighted by atomic mass is 19.4. The van der Waals surface area contributed by atoms with Crippen LogP contribution in [0.5, 0.6) is 0 Å². The summed E-state index contributed by atoms with van der Waals surface area (Å²) in [5, 5.41) is 1.51. The highest BCUT2D eigenvalue weighted by Crippen LogP contribution is 2.42. The zero-order chi connectivity index (χ0) is 34.5. The number of hydrogen-bond donors (Lipinski definition) is 1. The number of halogens is 6. The Bertz CT molecular complexity index is 2350. The summed E-state index contributed by atoms with van der Waals surface area (Å²) in [5.74, 6) is -0.782. The molecule has 0 atom stereocenters. The Labute approximate surface area is 274 Å². The van der Waals surface area contributed by atoms with Gasteiger partial charge in [-0.05, 0) is 72.3 Å². The second-order valence-electron chi connectivity index (χ2n) is 11.4. The van der Waals surface area contributed by atoms with Crippen LogP contribution in [-0.2, 0) is 18.9 Å². The topological polar surface area (TPSA) is 86.7 Å². The smallest absolute Gasteiger partial charge is 0.366 e. The highest BCUT2D eigenvalue weighted by molar-refractivity contribution is 5.93. The summed E-state index contributed by atoms with van der Waals surface area (Å²) in [7, 11) is 0. The Morgan fingerprint density at radius 3 is 1.76 bits per heavy atom. The first kappa shape index (κ1) is 31.6. The van der Waals surface area contributed by atoms with E-state index in [9.17, 15) is 31.1 Å². The van der Waals surface area contributed by atoms with Gasteiger partial charge in [-0.1, -0.05) is 36.4 Å². The summed E-state index contributed by atoms with van der Waals surface area (Å²) < 4.78 is 86.0. The van der Waals surface area contributed by atoms with Crippen molar-refractivity contribution in [3.8, 4) is 33.9 Å². The van der Waals surface area contributed by atoms with E-state index in [4.69, 9.17) is 10.7 Å². The monoisotopic (exact) mass is 667 g/mol. The quantitative estimate of drug-likeness (QED) is 0.179. The van der Waals surface area contributed by atoms with Crippen LogP contribution in [0.2, 0.25) is 0 Å². The number of aromatic nitrogens is 4. The molecule has 3 heterocycles. The van der Waals surface area contributed by atoms with Gasteiger partial charge in [0.05, 0.1) is 33.5 Å². The maximum Gasteiger partial charge on any atom is 0.416 e. The van der Waals surface area contributed by atoms with Gasteiger partial charge in [0.15, 0.2) is 0 Å². The van der Waals surface area contributed by atoms with E-state index in [0.29, 0.717) is 51.2 Å². The summed E-state index contributed by atoms with van der Waals surface area (Å²) >= 11 is 0. The molecule has 3 aromatic heterocycles. The molecule has 1 amide bonds. The Hall–Kier alpha value is -6.04. The van der Waals surface area contributed by atoms with Crippen molar-refractivity contribution < 1.29 is 31.1 Å². The van der Waals surface area contributed by atoms with E-state index in [-0.39, 0.29) is 29.6 Å². The highest BCUT2D eigenvalue weighted by Gasteiger charge is 2.38. The number of hydrogen-bond acceptors (Lipinski definition) is 4. The van der Waals surface area contributed by atoms with Crippen LogP contribution < -0.4 is 5.73 Å². The summed E-state index contributed by atoms with van der Waals surface area (Å²) in [6.45, 7) is -0.0332. The Kier molecular flexibility index (Phi) is 7.65. The lowest BCUT2D eigenvalue weighted by molar-refractivity contribution is -0.143. The first-order chi connectivity index (χ1) is 23.3. The standard InChI is InChI=1S/C37H23F6N5O/c38-36(39,40)28-17-27(18-29(19-28)37(41,42)43)35-47-32(25-9-11-30-23(15-25)3-1-13-45-30)33(26-10-12-31-24(16-26)4-2-14-46-31)48(35)20-21-5-7-22(8-6-21)34(44)49/h1-19H,20H2,(H2,44,49). The number of carbonyl (C=O) groups is 1. The molecule has 0 radical (unpaired) electrons. The fourth-order valence-electron chi connectivity index (χ4n) is 5.81. The van der Waals surface area contributed by atoms with Crippen LogP contribution in [0.15, 0.2) is 116 Å². The molecule has 12 heteroatoms. The average molecular weight is 668 g/mol. The molecule has 2 N–H and O–H groups in total. The molecule has 4 aromatic carbocycles.